The van der Waals surface area contributed by atoms with Crippen molar-refractivity contribution in [3.05, 3.63) is 17.3 Å². The van der Waals surface area contributed by atoms with E-state index < -0.39 is 0 Å². The molecule has 2 N–H and O–H groups in total. The number of hydrogen-bond acceptors (Lipinski definition) is 5. The quantitative estimate of drug-likeness (QED) is 0.540. The van der Waals surface area contributed by atoms with E-state index in [2.05, 4.69) is 51.2 Å². The van der Waals surface area contributed by atoms with Gasteiger partial charge in [0.05, 0.1) is 5.69 Å². The summed E-state index contributed by atoms with van der Waals surface area (Å²) in [5.74, 6) is 2.92. The highest BCUT2D eigenvalue weighted by Gasteiger charge is 2.17. The molecule has 2 heterocycles. The summed E-state index contributed by atoms with van der Waals surface area (Å²) < 4.78 is 5.60. The molecule has 7 heteroatoms. The van der Waals surface area contributed by atoms with E-state index in [0.717, 1.165) is 43.6 Å². The molecule has 0 bridgehead atoms. The number of hydrogen-bond donors (Lipinski definition) is 2. The monoisotopic (exact) mass is 364 g/mol. The minimum absolute atomic E-state index is 0.456. The van der Waals surface area contributed by atoms with Crippen molar-refractivity contribution in [2.75, 3.05) is 52.4 Å². The van der Waals surface area contributed by atoms with Crippen LogP contribution in [0.1, 0.15) is 38.1 Å². The van der Waals surface area contributed by atoms with Gasteiger partial charge in [-0.2, -0.15) is 0 Å². The van der Waals surface area contributed by atoms with Crippen LogP contribution in [-0.2, 0) is 6.54 Å². The molecule has 0 spiro atoms. The average molecular weight is 365 g/mol. The molecule has 1 unspecified atom stereocenters. The largest absolute Gasteiger partial charge is 0.444 e. The van der Waals surface area contributed by atoms with Crippen molar-refractivity contribution in [1.29, 1.82) is 0 Å². The molecule has 0 saturated carbocycles. The number of guanidine groups is 1. The smallest absolute Gasteiger partial charge is 0.216 e. The van der Waals surface area contributed by atoms with Gasteiger partial charge < -0.3 is 24.9 Å². The fourth-order valence-corrected chi connectivity index (χ4v) is 3.16. The zero-order chi connectivity index (χ0) is 18.9. The molecule has 1 atom stereocenters. The molecule has 1 aromatic heterocycles. The first kappa shape index (κ1) is 20.7. The van der Waals surface area contributed by atoms with Crippen LogP contribution in [0.4, 0.5) is 0 Å². The van der Waals surface area contributed by atoms with Crippen molar-refractivity contribution in [3.8, 4) is 0 Å². The second kappa shape index (κ2) is 10.5. The van der Waals surface area contributed by atoms with Crippen LogP contribution in [0.2, 0.25) is 0 Å². The Hall–Kier alpha value is -1.60. The highest BCUT2D eigenvalue weighted by atomic mass is 16.4. The highest BCUT2D eigenvalue weighted by molar-refractivity contribution is 5.79. The summed E-state index contributed by atoms with van der Waals surface area (Å²) in [5.41, 5.74) is 0.935. The number of nitrogens with zero attached hydrogens (tertiary/aromatic N) is 4. The number of rotatable bonds is 8. The molecule has 1 fully saturated rings. The normalized spacial score (nSPS) is 18.1. The van der Waals surface area contributed by atoms with Gasteiger partial charge >= 0.3 is 0 Å². The lowest BCUT2D eigenvalue weighted by atomic mass is 10.1. The average Bonchev–Trinajstić information content (AvgIpc) is 2.96. The third kappa shape index (κ3) is 6.61. The summed E-state index contributed by atoms with van der Waals surface area (Å²) in [6, 6.07) is 0. The maximum atomic E-state index is 5.60. The Kier molecular flexibility index (Phi) is 8.38. The number of aryl methyl sites for hydroxylation is 2. The van der Waals surface area contributed by atoms with Crippen LogP contribution in [0.5, 0.6) is 0 Å². The van der Waals surface area contributed by atoms with Crippen LogP contribution in [-0.4, -0.2) is 73.1 Å². The Bertz CT molecular complexity index is 543. The predicted octanol–water partition coefficient (Wildman–Crippen LogP) is 1.62. The Balaban J connectivity index is 1.77. The molecule has 0 aliphatic carbocycles. The Labute approximate surface area is 158 Å². The number of oxazole rings is 1. The fourth-order valence-electron chi connectivity index (χ4n) is 3.16. The van der Waals surface area contributed by atoms with E-state index in [9.17, 15) is 0 Å². The van der Waals surface area contributed by atoms with Crippen molar-refractivity contribution in [3.63, 3.8) is 0 Å². The van der Waals surface area contributed by atoms with Crippen LogP contribution in [0.15, 0.2) is 9.41 Å². The van der Waals surface area contributed by atoms with E-state index in [0.29, 0.717) is 18.4 Å². The summed E-state index contributed by atoms with van der Waals surface area (Å²) in [7, 11) is 0. The summed E-state index contributed by atoms with van der Waals surface area (Å²) >= 11 is 0. The third-order valence-electron chi connectivity index (χ3n) is 4.89. The van der Waals surface area contributed by atoms with E-state index in [1.54, 1.807) is 0 Å². The molecule has 1 aliphatic rings. The van der Waals surface area contributed by atoms with Gasteiger partial charge in [-0.05, 0) is 33.2 Å². The van der Waals surface area contributed by atoms with Crippen molar-refractivity contribution < 1.29 is 4.42 Å². The standard InChI is InChI=1S/C19H36N6O/c1-6-20-19(22-13-18-23-16(4)17(5)26-18)21-12-15(3)14-25-10-8-24(7-2)9-11-25/h15H,6-14H2,1-5H3,(H2,20,21,22). The molecule has 26 heavy (non-hydrogen) atoms. The van der Waals surface area contributed by atoms with Crippen LogP contribution < -0.4 is 10.6 Å². The molecule has 0 radical (unpaired) electrons. The fraction of sp³-hybridized carbons (Fsp3) is 0.789. The number of nitrogens with one attached hydrogen (secondary N) is 2. The van der Waals surface area contributed by atoms with Crippen molar-refractivity contribution in [2.24, 2.45) is 10.9 Å². The zero-order valence-electron chi connectivity index (χ0n) is 17.1. The summed E-state index contributed by atoms with van der Waals surface area (Å²) in [4.78, 5) is 14.1. The minimum atomic E-state index is 0.456. The van der Waals surface area contributed by atoms with Crippen LogP contribution >= 0.6 is 0 Å². The Morgan fingerprint density at radius 2 is 1.85 bits per heavy atom. The van der Waals surface area contributed by atoms with Crippen molar-refractivity contribution in [2.45, 2.75) is 41.2 Å². The molecule has 1 aromatic rings. The second-order valence-corrected chi connectivity index (χ2v) is 7.17. The second-order valence-electron chi connectivity index (χ2n) is 7.17. The molecule has 0 amide bonds. The highest BCUT2D eigenvalue weighted by Crippen LogP contribution is 2.09. The van der Waals surface area contributed by atoms with Crippen LogP contribution in [0.25, 0.3) is 0 Å². The number of aromatic nitrogens is 1. The summed E-state index contributed by atoms with van der Waals surface area (Å²) in [5, 5.41) is 6.75. The van der Waals surface area contributed by atoms with E-state index >= 15 is 0 Å². The molecular weight excluding hydrogens is 328 g/mol. The van der Waals surface area contributed by atoms with Gasteiger partial charge in [-0.25, -0.2) is 9.98 Å². The lowest BCUT2D eigenvalue weighted by Gasteiger charge is -2.35. The SMILES string of the molecule is CCNC(=NCc1nc(C)c(C)o1)NCC(C)CN1CCN(CC)CC1. The van der Waals surface area contributed by atoms with Gasteiger partial charge in [0.15, 0.2) is 5.96 Å². The zero-order valence-corrected chi connectivity index (χ0v) is 17.1. The molecule has 7 nitrogen and oxygen atoms in total. The van der Waals surface area contributed by atoms with Gasteiger partial charge in [0, 0.05) is 45.8 Å². The van der Waals surface area contributed by atoms with Gasteiger partial charge in [-0.1, -0.05) is 13.8 Å². The lowest BCUT2D eigenvalue weighted by Crippen LogP contribution is -2.48. The van der Waals surface area contributed by atoms with Crippen molar-refractivity contribution >= 4 is 5.96 Å². The van der Waals surface area contributed by atoms with Crippen LogP contribution in [0.3, 0.4) is 0 Å². The Morgan fingerprint density at radius 1 is 1.15 bits per heavy atom. The molecule has 2 rings (SSSR count). The predicted molar refractivity (Wildman–Crippen MR) is 107 cm³/mol. The third-order valence-corrected chi connectivity index (χ3v) is 4.89. The molecular formula is C19H36N6O. The van der Waals surface area contributed by atoms with E-state index in [-0.39, 0.29) is 0 Å². The van der Waals surface area contributed by atoms with Crippen LogP contribution in [0, 0.1) is 19.8 Å². The maximum Gasteiger partial charge on any atom is 0.216 e. The molecule has 148 valence electrons. The molecule has 1 saturated heterocycles. The van der Waals surface area contributed by atoms with Gasteiger partial charge in [-0.3, -0.25) is 0 Å². The maximum absolute atomic E-state index is 5.60. The number of piperazine rings is 1. The summed E-state index contributed by atoms with van der Waals surface area (Å²) in [6.07, 6.45) is 0. The van der Waals surface area contributed by atoms with E-state index in [1.165, 1.54) is 26.2 Å². The van der Waals surface area contributed by atoms with Gasteiger partial charge in [0.25, 0.3) is 0 Å². The molecule has 0 aromatic carbocycles. The first-order valence-electron chi connectivity index (χ1n) is 9.91. The van der Waals surface area contributed by atoms with E-state index in [4.69, 9.17) is 4.42 Å². The van der Waals surface area contributed by atoms with E-state index in [1.807, 2.05) is 13.8 Å². The van der Waals surface area contributed by atoms with Crippen molar-refractivity contribution in [1.82, 2.24) is 25.4 Å². The molecule has 1 aliphatic heterocycles. The van der Waals surface area contributed by atoms with Gasteiger partial charge in [-0.15, -0.1) is 0 Å². The topological polar surface area (TPSA) is 68.9 Å². The number of likely N-dealkylation sites (N-methyl/N-ethyl adjacent to an activating group) is 1. The Morgan fingerprint density at radius 3 is 2.42 bits per heavy atom. The number of aliphatic imine (C=N–C) groups is 1. The minimum Gasteiger partial charge on any atom is -0.444 e. The van der Waals surface area contributed by atoms with Gasteiger partial charge in [0.1, 0.15) is 12.3 Å². The summed E-state index contributed by atoms with van der Waals surface area (Å²) in [6.45, 7) is 19.7. The lowest BCUT2D eigenvalue weighted by molar-refractivity contribution is 0.124. The van der Waals surface area contributed by atoms with Gasteiger partial charge in [0.2, 0.25) is 5.89 Å². The first-order chi connectivity index (χ1) is 12.5. The first-order valence-corrected chi connectivity index (χ1v) is 9.91.